The number of hydrogen-bond acceptors (Lipinski definition) is 4. The van der Waals surface area contributed by atoms with Gasteiger partial charge in [0.25, 0.3) is 5.91 Å². The first-order valence-corrected chi connectivity index (χ1v) is 12.9. The molecule has 0 radical (unpaired) electrons. The maximum absolute atomic E-state index is 15.2. The van der Waals surface area contributed by atoms with Gasteiger partial charge < -0.3 is 14.7 Å². The van der Waals surface area contributed by atoms with Crippen molar-refractivity contribution in [2.24, 2.45) is 0 Å². The summed E-state index contributed by atoms with van der Waals surface area (Å²) in [5, 5.41) is 9.82. The number of hydrogen-bond donors (Lipinski definition) is 1. The summed E-state index contributed by atoms with van der Waals surface area (Å²) in [7, 11) is 0. The molecule has 1 N–H and O–H groups in total. The Hall–Kier alpha value is -2.71. The number of carboxylic acids is 1. The highest BCUT2D eigenvalue weighted by molar-refractivity contribution is 6.31. The van der Waals surface area contributed by atoms with Gasteiger partial charge in [0, 0.05) is 30.7 Å². The molecule has 36 heavy (non-hydrogen) atoms. The summed E-state index contributed by atoms with van der Waals surface area (Å²) in [4.78, 5) is 28.1. The van der Waals surface area contributed by atoms with Crippen LogP contribution < -0.4 is 4.74 Å². The van der Waals surface area contributed by atoms with Crippen molar-refractivity contribution in [3.63, 3.8) is 0 Å². The second-order valence-electron chi connectivity index (χ2n) is 9.99. The number of carbonyl (C=O) groups excluding carboxylic acids is 1. The largest absolute Gasteiger partial charge is 0.489 e. The number of carboxylic acid groups (broad SMARTS) is 1. The molecule has 0 aromatic heterocycles. The highest BCUT2D eigenvalue weighted by Crippen LogP contribution is 2.46. The Bertz CT molecular complexity index is 1170. The minimum absolute atomic E-state index is 0.0892. The van der Waals surface area contributed by atoms with Gasteiger partial charge in [-0.3, -0.25) is 9.69 Å². The van der Waals surface area contributed by atoms with Crippen LogP contribution in [-0.4, -0.2) is 58.6 Å². The average molecular weight is 519 g/mol. The van der Waals surface area contributed by atoms with E-state index >= 15 is 4.39 Å². The summed E-state index contributed by atoms with van der Waals surface area (Å²) in [6, 6.07) is 6.34. The standard InChI is InChI=1S/C27H29ClF2N2O4/c28-22-11-18(29)8-7-17(22)14-31-9-1-3-19(15-31)36-25-13-23(30)21(12-20(25)16-5-6-16)26(33)32-10-2-4-24(32)27(34)35/h7-8,11-13,16,19,24H,1-6,9-10,14-15H2,(H,34,35). The van der Waals surface area contributed by atoms with Crippen molar-refractivity contribution in [2.75, 3.05) is 19.6 Å². The lowest BCUT2D eigenvalue weighted by molar-refractivity contribution is -0.141. The summed E-state index contributed by atoms with van der Waals surface area (Å²) in [5.74, 6) is -2.05. The normalized spacial score (nSPS) is 22.6. The van der Waals surface area contributed by atoms with Gasteiger partial charge in [0.05, 0.1) is 5.56 Å². The Kier molecular flexibility index (Phi) is 7.17. The molecule has 2 saturated heterocycles. The van der Waals surface area contributed by atoms with Gasteiger partial charge in [-0.1, -0.05) is 17.7 Å². The number of rotatable bonds is 7. The highest BCUT2D eigenvalue weighted by atomic mass is 35.5. The lowest BCUT2D eigenvalue weighted by Gasteiger charge is -2.33. The predicted molar refractivity (Wildman–Crippen MR) is 130 cm³/mol. The second kappa shape index (κ2) is 10.3. The fourth-order valence-corrected chi connectivity index (χ4v) is 5.52. The van der Waals surface area contributed by atoms with Crippen LogP contribution in [-0.2, 0) is 11.3 Å². The Morgan fingerprint density at radius 3 is 2.56 bits per heavy atom. The van der Waals surface area contributed by atoms with E-state index in [-0.39, 0.29) is 23.4 Å². The molecule has 3 fully saturated rings. The fourth-order valence-electron chi connectivity index (χ4n) is 5.30. The van der Waals surface area contributed by atoms with Gasteiger partial charge in [-0.25, -0.2) is 13.6 Å². The van der Waals surface area contributed by atoms with E-state index in [1.165, 1.54) is 23.1 Å². The first-order valence-electron chi connectivity index (χ1n) is 12.5. The quantitative estimate of drug-likeness (QED) is 0.543. The van der Waals surface area contributed by atoms with E-state index in [2.05, 4.69) is 4.90 Å². The maximum atomic E-state index is 15.2. The summed E-state index contributed by atoms with van der Waals surface area (Å²) >= 11 is 6.21. The summed E-state index contributed by atoms with van der Waals surface area (Å²) in [5.41, 5.74) is 1.56. The second-order valence-corrected chi connectivity index (χ2v) is 10.4. The molecular weight excluding hydrogens is 490 g/mol. The number of benzene rings is 2. The zero-order chi connectivity index (χ0) is 25.4. The van der Waals surface area contributed by atoms with Crippen molar-refractivity contribution in [3.05, 3.63) is 63.7 Å². The third-order valence-electron chi connectivity index (χ3n) is 7.31. The molecule has 1 aliphatic carbocycles. The van der Waals surface area contributed by atoms with E-state index in [0.29, 0.717) is 43.2 Å². The van der Waals surface area contributed by atoms with E-state index in [1.807, 2.05) is 0 Å². The Morgan fingerprint density at radius 2 is 1.83 bits per heavy atom. The number of amides is 1. The van der Waals surface area contributed by atoms with Crippen molar-refractivity contribution in [3.8, 4) is 5.75 Å². The highest BCUT2D eigenvalue weighted by Gasteiger charge is 2.37. The lowest BCUT2D eigenvalue weighted by atomic mass is 10.0. The van der Waals surface area contributed by atoms with E-state index in [0.717, 1.165) is 43.4 Å². The van der Waals surface area contributed by atoms with Crippen LogP contribution in [0.5, 0.6) is 5.75 Å². The minimum atomic E-state index is -1.06. The molecule has 2 atom stereocenters. The molecule has 2 aliphatic heterocycles. The van der Waals surface area contributed by atoms with E-state index in [4.69, 9.17) is 16.3 Å². The zero-order valence-corrected chi connectivity index (χ0v) is 20.6. The van der Waals surface area contributed by atoms with E-state index < -0.39 is 23.7 Å². The van der Waals surface area contributed by atoms with E-state index in [9.17, 15) is 19.1 Å². The number of halogens is 3. The van der Waals surface area contributed by atoms with Crippen LogP contribution in [0.25, 0.3) is 0 Å². The van der Waals surface area contributed by atoms with Crippen LogP contribution in [0, 0.1) is 11.6 Å². The lowest BCUT2D eigenvalue weighted by Crippen LogP contribution is -2.41. The topological polar surface area (TPSA) is 70.1 Å². The summed E-state index contributed by atoms with van der Waals surface area (Å²) < 4.78 is 34.9. The maximum Gasteiger partial charge on any atom is 0.326 e. The number of piperidine rings is 1. The van der Waals surface area contributed by atoms with Crippen molar-refractivity contribution in [2.45, 2.75) is 63.1 Å². The Labute approximate surface area is 213 Å². The third kappa shape index (κ3) is 5.34. The van der Waals surface area contributed by atoms with Crippen LogP contribution in [0.4, 0.5) is 8.78 Å². The molecule has 5 rings (SSSR count). The smallest absolute Gasteiger partial charge is 0.326 e. The summed E-state index contributed by atoms with van der Waals surface area (Å²) in [6.45, 7) is 2.35. The van der Waals surface area contributed by atoms with Gasteiger partial charge in [0.1, 0.15) is 29.5 Å². The minimum Gasteiger partial charge on any atom is -0.489 e. The molecule has 2 aromatic carbocycles. The molecule has 192 valence electrons. The molecule has 0 bridgehead atoms. The van der Waals surface area contributed by atoms with Crippen molar-refractivity contribution >= 4 is 23.5 Å². The molecule has 1 saturated carbocycles. The molecule has 2 heterocycles. The molecule has 2 aromatic rings. The molecular formula is C27H29ClF2N2O4. The van der Waals surface area contributed by atoms with Crippen molar-refractivity contribution < 1.29 is 28.2 Å². The van der Waals surface area contributed by atoms with Gasteiger partial charge >= 0.3 is 5.97 Å². The van der Waals surface area contributed by atoms with Gasteiger partial charge in [-0.05, 0) is 80.3 Å². The van der Waals surface area contributed by atoms with Gasteiger partial charge in [0.15, 0.2) is 0 Å². The number of aliphatic carboxylic acids is 1. The molecule has 3 aliphatic rings. The number of likely N-dealkylation sites (tertiary alicyclic amines) is 2. The number of nitrogens with zero attached hydrogens (tertiary/aromatic N) is 2. The molecule has 1 amide bonds. The van der Waals surface area contributed by atoms with Crippen LogP contribution >= 0.6 is 11.6 Å². The van der Waals surface area contributed by atoms with Crippen LogP contribution in [0.3, 0.4) is 0 Å². The van der Waals surface area contributed by atoms with Crippen LogP contribution in [0.2, 0.25) is 5.02 Å². The molecule has 6 nitrogen and oxygen atoms in total. The fraction of sp³-hybridized carbons (Fsp3) is 0.481. The van der Waals surface area contributed by atoms with Gasteiger partial charge in [-0.15, -0.1) is 0 Å². The van der Waals surface area contributed by atoms with Crippen LogP contribution in [0.15, 0.2) is 30.3 Å². The molecule has 0 spiro atoms. The zero-order valence-electron chi connectivity index (χ0n) is 19.9. The molecule has 9 heteroatoms. The monoisotopic (exact) mass is 518 g/mol. The Morgan fingerprint density at radius 1 is 1.06 bits per heavy atom. The average Bonchev–Trinajstić information content (AvgIpc) is 3.55. The SMILES string of the molecule is O=C(O)C1CCCN1C(=O)c1cc(C2CC2)c(OC2CCCN(Cc3ccc(F)cc3Cl)C2)cc1F. The number of ether oxygens (including phenoxy) is 1. The predicted octanol–water partition coefficient (Wildman–Crippen LogP) is 5.23. The third-order valence-corrected chi connectivity index (χ3v) is 7.66. The van der Waals surface area contributed by atoms with Crippen molar-refractivity contribution in [1.82, 2.24) is 9.80 Å². The molecule has 2 unspecified atom stereocenters. The van der Waals surface area contributed by atoms with Crippen molar-refractivity contribution in [1.29, 1.82) is 0 Å². The summed E-state index contributed by atoms with van der Waals surface area (Å²) in [6.07, 6.45) is 4.39. The van der Waals surface area contributed by atoms with Crippen LogP contribution in [0.1, 0.15) is 65.9 Å². The first-order chi connectivity index (χ1) is 17.3. The number of carbonyl (C=O) groups is 2. The first kappa shape index (κ1) is 25.0. The van der Waals surface area contributed by atoms with Gasteiger partial charge in [0.2, 0.25) is 0 Å². The van der Waals surface area contributed by atoms with Gasteiger partial charge in [-0.2, -0.15) is 0 Å². The van der Waals surface area contributed by atoms with E-state index in [1.54, 1.807) is 12.1 Å². The Balaban J connectivity index is 1.32.